The molecule has 148 valence electrons. The number of nitrogens with one attached hydrogen (secondary N) is 1. The lowest BCUT2D eigenvalue weighted by Gasteiger charge is -2.37. The number of hydrogen-bond acceptors (Lipinski definition) is 4. The molecule has 0 radical (unpaired) electrons. The van der Waals surface area contributed by atoms with Crippen molar-refractivity contribution in [2.45, 2.75) is 57.8 Å². The number of ketones is 2. The third-order valence-corrected chi connectivity index (χ3v) is 6.64. The molecule has 4 nitrogen and oxygen atoms in total. The van der Waals surface area contributed by atoms with E-state index in [1.165, 1.54) is 0 Å². The maximum atomic E-state index is 13.0. The summed E-state index contributed by atoms with van der Waals surface area (Å²) in [6, 6.07) is 3.95. The van der Waals surface area contributed by atoms with Crippen molar-refractivity contribution in [1.29, 1.82) is 0 Å². The van der Waals surface area contributed by atoms with Crippen LogP contribution in [0, 0.1) is 0 Å². The van der Waals surface area contributed by atoms with Crippen LogP contribution in [0.4, 0.5) is 0 Å². The number of carbonyl (C=O) groups is 2. The van der Waals surface area contributed by atoms with E-state index in [4.69, 9.17) is 4.74 Å². The Bertz CT molecular complexity index is 875. The van der Waals surface area contributed by atoms with Gasteiger partial charge in [-0.3, -0.25) is 9.59 Å². The van der Waals surface area contributed by atoms with Gasteiger partial charge in [0.2, 0.25) is 0 Å². The highest BCUT2D eigenvalue weighted by atomic mass is 79.9. The molecule has 2 aliphatic carbocycles. The van der Waals surface area contributed by atoms with E-state index in [1.54, 1.807) is 0 Å². The lowest BCUT2D eigenvalue weighted by molar-refractivity contribution is -0.116. The zero-order chi connectivity index (χ0) is 19.8. The number of rotatable bonds is 4. The van der Waals surface area contributed by atoms with Gasteiger partial charge in [-0.25, -0.2) is 0 Å². The summed E-state index contributed by atoms with van der Waals surface area (Å²) in [4.78, 5) is 26.0. The fraction of sp³-hybridized carbons (Fsp3) is 0.455. The zero-order valence-corrected chi connectivity index (χ0v) is 19.0. The number of allylic oxidation sites excluding steroid dienone is 4. The highest BCUT2D eigenvalue weighted by molar-refractivity contribution is 9.11. The van der Waals surface area contributed by atoms with Crippen molar-refractivity contribution in [1.82, 2.24) is 5.32 Å². The largest absolute Gasteiger partial charge is 0.492 e. The minimum atomic E-state index is -0.354. The fourth-order valence-electron chi connectivity index (χ4n) is 4.45. The molecule has 1 aromatic rings. The van der Waals surface area contributed by atoms with Crippen LogP contribution in [0.5, 0.6) is 5.75 Å². The van der Waals surface area contributed by atoms with Gasteiger partial charge in [0.25, 0.3) is 0 Å². The molecular weight excluding hydrogens is 486 g/mol. The van der Waals surface area contributed by atoms with Gasteiger partial charge < -0.3 is 10.1 Å². The Morgan fingerprint density at radius 2 is 1.61 bits per heavy atom. The van der Waals surface area contributed by atoms with Crippen LogP contribution in [0.25, 0.3) is 0 Å². The standard InChI is InChI=1S/C22H23Br2NO3/c1-2-9-28-22-13(10-12(23)11-14(22)24)19-20-15(5-3-7-17(20)26)25-16-6-4-8-18(27)21(16)19/h10-11,19,25H,2-9H2,1H3. The van der Waals surface area contributed by atoms with Crippen molar-refractivity contribution >= 4 is 43.4 Å². The Balaban J connectivity index is 1.95. The van der Waals surface area contributed by atoms with E-state index in [2.05, 4.69) is 44.1 Å². The summed E-state index contributed by atoms with van der Waals surface area (Å²) in [6.45, 7) is 2.64. The molecule has 3 aliphatic rings. The summed E-state index contributed by atoms with van der Waals surface area (Å²) >= 11 is 7.21. The minimum absolute atomic E-state index is 0.140. The lowest BCUT2D eigenvalue weighted by Crippen LogP contribution is -2.36. The second-order valence-corrected chi connectivity index (χ2v) is 9.32. The van der Waals surface area contributed by atoms with Crippen LogP contribution >= 0.6 is 31.9 Å². The third kappa shape index (κ3) is 3.50. The number of halogens is 2. The summed E-state index contributed by atoms with van der Waals surface area (Å²) in [5.41, 5.74) is 4.39. The van der Waals surface area contributed by atoms with Crippen LogP contribution < -0.4 is 10.1 Å². The van der Waals surface area contributed by atoms with Gasteiger partial charge in [-0.05, 0) is 60.2 Å². The number of ether oxygens (including phenoxy) is 1. The molecule has 1 aliphatic heterocycles. The second-order valence-electron chi connectivity index (χ2n) is 7.55. The molecule has 28 heavy (non-hydrogen) atoms. The van der Waals surface area contributed by atoms with Crippen LogP contribution in [0.3, 0.4) is 0 Å². The quantitative estimate of drug-likeness (QED) is 0.566. The van der Waals surface area contributed by atoms with Crippen LogP contribution in [-0.4, -0.2) is 18.2 Å². The smallest absolute Gasteiger partial charge is 0.161 e. The van der Waals surface area contributed by atoms with E-state index in [9.17, 15) is 9.59 Å². The Morgan fingerprint density at radius 1 is 1.00 bits per heavy atom. The first-order chi connectivity index (χ1) is 13.5. The summed E-state index contributed by atoms with van der Waals surface area (Å²) in [5.74, 6) is 0.655. The normalized spacial score (nSPS) is 20.1. The van der Waals surface area contributed by atoms with Crippen molar-refractivity contribution in [3.05, 3.63) is 49.2 Å². The summed E-state index contributed by atoms with van der Waals surface area (Å²) in [5, 5.41) is 3.46. The summed E-state index contributed by atoms with van der Waals surface area (Å²) in [6.07, 6.45) is 5.37. The van der Waals surface area contributed by atoms with E-state index in [0.29, 0.717) is 19.4 Å². The first kappa shape index (κ1) is 19.9. The second kappa shape index (κ2) is 8.15. The Labute approximate surface area is 182 Å². The summed E-state index contributed by atoms with van der Waals surface area (Å²) < 4.78 is 7.83. The molecule has 0 fully saturated rings. The average Bonchev–Trinajstić information content (AvgIpc) is 2.66. The molecule has 0 bridgehead atoms. The van der Waals surface area contributed by atoms with Gasteiger partial charge in [0.1, 0.15) is 5.75 Å². The molecule has 0 aromatic heterocycles. The van der Waals surface area contributed by atoms with E-state index >= 15 is 0 Å². The SMILES string of the molecule is CCCOc1c(Br)cc(Br)cc1C1C2=C(CCCC2=O)NC2=C1C(=O)CCC2. The molecule has 0 atom stereocenters. The van der Waals surface area contributed by atoms with Crippen molar-refractivity contribution in [3.8, 4) is 5.75 Å². The maximum Gasteiger partial charge on any atom is 0.161 e. The van der Waals surface area contributed by atoms with Gasteiger partial charge in [0.05, 0.1) is 11.1 Å². The van der Waals surface area contributed by atoms with E-state index in [0.717, 1.165) is 74.9 Å². The van der Waals surface area contributed by atoms with Crippen molar-refractivity contribution < 1.29 is 14.3 Å². The van der Waals surface area contributed by atoms with Crippen molar-refractivity contribution in [3.63, 3.8) is 0 Å². The maximum absolute atomic E-state index is 13.0. The average molecular weight is 509 g/mol. The van der Waals surface area contributed by atoms with Gasteiger partial charge in [-0.2, -0.15) is 0 Å². The number of dihydropyridines is 1. The molecule has 6 heteroatoms. The van der Waals surface area contributed by atoms with Gasteiger partial charge >= 0.3 is 0 Å². The monoisotopic (exact) mass is 507 g/mol. The molecule has 1 aromatic carbocycles. The molecule has 1 heterocycles. The zero-order valence-electron chi connectivity index (χ0n) is 15.9. The van der Waals surface area contributed by atoms with E-state index in [1.807, 2.05) is 12.1 Å². The number of hydrogen-bond donors (Lipinski definition) is 1. The first-order valence-electron chi connectivity index (χ1n) is 9.92. The van der Waals surface area contributed by atoms with Gasteiger partial charge in [0, 0.05) is 51.3 Å². The molecule has 0 saturated heterocycles. The lowest BCUT2D eigenvalue weighted by atomic mass is 9.71. The highest BCUT2D eigenvalue weighted by Crippen LogP contribution is 2.49. The van der Waals surface area contributed by atoms with Gasteiger partial charge in [0.15, 0.2) is 11.6 Å². The number of carbonyl (C=O) groups excluding carboxylic acids is 2. The Hall–Kier alpha value is -1.40. The Kier molecular flexibility index (Phi) is 5.79. The van der Waals surface area contributed by atoms with E-state index in [-0.39, 0.29) is 17.5 Å². The van der Waals surface area contributed by atoms with Crippen molar-refractivity contribution in [2.75, 3.05) is 6.61 Å². The van der Waals surface area contributed by atoms with E-state index < -0.39 is 0 Å². The molecule has 1 N–H and O–H groups in total. The van der Waals surface area contributed by atoms with Crippen LogP contribution in [-0.2, 0) is 9.59 Å². The minimum Gasteiger partial charge on any atom is -0.492 e. The summed E-state index contributed by atoms with van der Waals surface area (Å²) in [7, 11) is 0. The topological polar surface area (TPSA) is 55.4 Å². The third-order valence-electron chi connectivity index (χ3n) is 5.59. The number of Topliss-reactive ketones (excluding diaryl/α,β-unsaturated/α-hetero) is 2. The van der Waals surface area contributed by atoms with Crippen LogP contribution in [0.1, 0.15) is 63.4 Å². The molecule has 4 rings (SSSR count). The Morgan fingerprint density at radius 3 is 2.18 bits per heavy atom. The molecular formula is C22H23Br2NO3. The fourth-order valence-corrected chi connectivity index (χ4v) is 5.82. The predicted molar refractivity (Wildman–Crippen MR) is 115 cm³/mol. The predicted octanol–water partition coefficient (Wildman–Crippen LogP) is 5.70. The van der Waals surface area contributed by atoms with Crippen LogP contribution in [0.15, 0.2) is 43.6 Å². The highest BCUT2D eigenvalue weighted by Gasteiger charge is 2.41. The molecule has 0 amide bonds. The first-order valence-corrected chi connectivity index (χ1v) is 11.5. The van der Waals surface area contributed by atoms with Crippen LogP contribution in [0.2, 0.25) is 0 Å². The number of benzene rings is 1. The molecule has 0 spiro atoms. The molecule has 0 saturated carbocycles. The molecule has 0 unspecified atom stereocenters. The van der Waals surface area contributed by atoms with Gasteiger partial charge in [-0.15, -0.1) is 0 Å². The van der Waals surface area contributed by atoms with Crippen molar-refractivity contribution in [2.24, 2.45) is 0 Å². The van der Waals surface area contributed by atoms with Gasteiger partial charge in [-0.1, -0.05) is 22.9 Å².